The van der Waals surface area contributed by atoms with E-state index >= 15 is 0 Å². The fourth-order valence-electron chi connectivity index (χ4n) is 2.01. The molecule has 0 aliphatic carbocycles. The number of anilines is 1. The number of fused-ring (bicyclic) bond motifs is 1. The summed E-state index contributed by atoms with van der Waals surface area (Å²) >= 11 is 0. The minimum Gasteiger partial charge on any atom is -0.469 e. The van der Waals surface area contributed by atoms with Gasteiger partial charge < -0.3 is 10.1 Å². The van der Waals surface area contributed by atoms with Gasteiger partial charge in [-0.25, -0.2) is 0 Å². The normalized spacial score (nSPS) is 18.8. The van der Waals surface area contributed by atoms with E-state index in [1.807, 2.05) is 6.92 Å². The summed E-state index contributed by atoms with van der Waals surface area (Å²) in [6.45, 7) is 10.6. The molecule has 1 heterocycles. The van der Waals surface area contributed by atoms with Crippen LogP contribution in [0.1, 0.15) is 29.2 Å². The van der Waals surface area contributed by atoms with Gasteiger partial charge in [-0.2, -0.15) is 0 Å². The maximum absolute atomic E-state index is 5.74. The molecule has 14 heavy (non-hydrogen) atoms. The largest absolute Gasteiger partial charge is 0.469 e. The average Bonchev–Trinajstić information content (AvgIpc) is 2.54. The molecular weight excluding hydrogens is 174 g/mol. The zero-order chi connectivity index (χ0) is 10.5. The lowest BCUT2D eigenvalue weighted by atomic mass is 9.97. The Morgan fingerprint density at radius 1 is 0.929 bits per heavy atom. The zero-order valence-electron chi connectivity index (χ0n) is 9.49. The smallest absolute Gasteiger partial charge is 0.167 e. The van der Waals surface area contributed by atoms with Crippen LogP contribution in [-0.4, -0.2) is 6.23 Å². The standard InChI is InChI=1S/C12H17NO/c1-6-7(2)9(4)12-11(8(6)3)13-10(5)14-12/h10,13H,1-5H3. The molecule has 0 spiro atoms. The van der Waals surface area contributed by atoms with Crippen molar-refractivity contribution >= 4 is 5.69 Å². The van der Waals surface area contributed by atoms with Gasteiger partial charge in [-0.1, -0.05) is 0 Å². The molecule has 0 amide bonds. The fourth-order valence-corrected chi connectivity index (χ4v) is 2.01. The number of nitrogens with one attached hydrogen (secondary N) is 1. The summed E-state index contributed by atoms with van der Waals surface area (Å²) in [5.74, 6) is 1.04. The van der Waals surface area contributed by atoms with Crippen molar-refractivity contribution in [1.29, 1.82) is 0 Å². The van der Waals surface area contributed by atoms with Crippen LogP contribution in [0.3, 0.4) is 0 Å². The van der Waals surface area contributed by atoms with Crippen LogP contribution in [-0.2, 0) is 0 Å². The van der Waals surface area contributed by atoms with Crippen LogP contribution in [0.25, 0.3) is 0 Å². The van der Waals surface area contributed by atoms with E-state index in [-0.39, 0.29) is 6.23 Å². The van der Waals surface area contributed by atoms with Gasteiger partial charge in [-0.15, -0.1) is 0 Å². The van der Waals surface area contributed by atoms with Crippen LogP contribution in [0, 0.1) is 27.7 Å². The van der Waals surface area contributed by atoms with Crippen molar-refractivity contribution in [3.05, 3.63) is 22.3 Å². The Labute approximate surface area is 85.3 Å². The molecule has 0 radical (unpaired) electrons. The summed E-state index contributed by atoms with van der Waals surface area (Å²) in [7, 11) is 0. The van der Waals surface area contributed by atoms with Gasteiger partial charge in [0.05, 0.1) is 5.69 Å². The predicted octanol–water partition coefficient (Wildman–Crippen LogP) is 3.07. The summed E-state index contributed by atoms with van der Waals surface area (Å²) in [5.41, 5.74) is 6.47. The van der Waals surface area contributed by atoms with Crippen LogP contribution >= 0.6 is 0 Å². The number of hydrogen-bond acceptors (Lipinski definition) is 2. The van der Waals surface area contributed by atoms with E-state index in [0.29, 0.717) is 0 Å². The van der Waals surface area contributed by atoms with Gasteiger partial charge in [0.25, 0.3) is 0 Å². The second-order valence-electron chi connectivity index (χ2n) is 4.11. The first kappa shape index (κ1) is 9.38. The molecule has 1 aromatic carbocycles. The molecule has 1 unspecified atom stereocenters. The molecule has 1 aliphatic heterocycles. The summed E-state index contributed by atoms with van der Waals surface area (Å²) in [6, 6.07) is 0. The number of rotatable bonds is 0. The predicted molar refractivity (Wildman–Crippen MR) is 59.1 cm³/mol. The SMILES string of the molecule is Cc1c(C)c(C)c2c(c1C)NC(C)O2. The summed E-state index contributed by atoms with van der Waals surface area (Å²) in [5, 5.41) is 3.35. The molecule has 1 atom stereocenters. The van der Waals surface area contributed by atoms with Crippen molar-refractivity contribution in [3.63, 3.8) is 0 Å². The maximum Gasteiger partial charge on any atom is 0.167 e. The van der Waals surface area contributed by atoms with E-state index < -0.39 is 0 Å². The molecule has 2 rings (SSSR count). The van der Waals surface area contributed by atoms with E-state index in [1.54, 1.807) is 0 Å². The summed E-state index contributed by atoms with van der Waals surface area (Å²) in [6.07, 6.45) is 0.101. The highest BCUT2D eigenvalue weighted by atomic mass is 16.5. The monoisotopic (exact) mass is 191 g/mol. The van der Waals surface area contributed by atoms with Crippen molar-refractivity contribution in [1.82, 2.24) is 0 Å². The molecule has 2 heteroatoms. The third-order valence-corrected chi connectivity index (χ3v) is 3.27. The highest BCUT2D eigenvalue weighted by molar-refractivity contribution is 5.71. The number of hydrogen-bond donors (Lipinski definition) is 1. The molecule has 0 aromatic heterocycles. The van der Waals surface area contributed by atoms with Gasteiger partial charge >= 0.3 is 0 Å². The molecule has 76 valence electrons. The van der Waals surface area contributed by atoms with Crippen molar-refractivity contribution in [2.45, 2.75) is 40.8 Å². The lowest BCUT2D eigenvalue weighted by Gasteiger charge is -2.13. The molecule has 0 bridgehead atoms. The third-order valence-electron chi connectivity index (χ3n) is 3.27. The topological polar surface area (TPSA) is 21.3 Å². The Morgan fingerprint density at radius 3 is 2.14 bits per heavy atom. The van der Waals surface area contributed by atoms with Gasteiger partial charge in [0.1, 0.15) is 5.75 Å². The van der Waals surface area contributed by atoms with Gasteiger partial charge in [0, 0.05) is 0 Å². The van der Waals surface area contributed by atoms with Crippen LogP contribution in [0.15, 0.2) is 0 Å². The van der Waals surface area contributed by atoms with Gasteiger partial charge in [-0.05, 0) is 56.9 Å². The number of ether oxygens (including phenoxy) is 1. The lowest BCUT2D eigenvalue weighted by molar-refractivity contribution is 0.273. The fraction of sp³-hybridized carbons (Fsp3) is 0.500. The van der Waals surface area contributed by atoms with E-state index in [2.05, 4.69) is 33.0 Å². The van der Waals surface area contributed by atoms with E-state index in [1.165, 1.54) is 27.9 Å². The van der Waals surface area contributed by atoms with E-state index in [9.17, 15) is 0 Å². The second-order valence-corrected chi connectivity index (χ2v) is 4.11. The Hall–Kier alpha value is -1.18. The van der Waals surface area contributed by atoms with Crippen LogP contribution < -0.4 is 10.1 Å². The van der Waals surface area contributed by atoms with Crippen molar-refractivity contribution in [2.75, 3.05) is 5.32 Å². The Kier molecular flexibility index (Phi) is 1.95. The molecule has 1 N–H and O–H groups in total. The second kappa shape index (κ2) is 2.91. The first-order valence-corrected chi connectivity index (χ1v) is 5.06. The molecule has 2 nitrogen and oxygen atoms in total. The minimum atomic E-state index is 0.101. The van der Waals surface area contributed by atoms with E-state index in [4.69, 9.17) is 4.74 Å². The highest BCUT2D eigenvalue weighted by Gasteiger charge is 2.24. The quantitative estimate of drug-likeness (QED) is 0.680. The molecule has 0 saturated carbocycles. The van der Waals surface area contributed by atoms with Crippen molar-refractivity contribution < 1.29 is 4.74 Å². The Balaban J connectivity index is 2.70. The van der Waals surface area contributed by atoms with Crippen LogP contribution in [0.4, 0.5) is 5.69 Å². The average molecular weight is 191 g/mol. The summed E-state index contributed by atoms with van der Waals surface area (Å²) in [4.78, 5) is 0. The van der Waals surface area contributed by atoms with Gasteiger partial charge in [0.15, 0.2) is 6.23 Å². The first-order chi connectivity index (χ1) is 6.52. The third kappa shape index (κ3) is 1.10. The molecule has 0 fully saturated rings. The lowest BCUT2D eigenvalue weighted by Crippen LogP contribution is -2.14. The summed E-state index contributed by atoms with van der Waals surface area (Å²) < 4.78 is 5.74. The molecule has 1 aliphatic rings. The van der Waals surface area contributed by atoms with Crippen LogP contribution in [0.5, 0.6) is 5.75 Å². The number of benzene rings is 1. The van der Waals surface area contributed by atoms with Crippen molar-refractivity contribution in [2.24, 2.45) is 0 Å². The highest BCUT2D eigenvalue weighted by Crippen LogP contribution is 2.41. The van der Waals surface area contributed by atoms with E-state index in [0.717, 1.165) is 5.75 Å². The Bertz CT molecular complexity index is 359. The molecule has 1 aromatic rings. The molecular formula is C12H17NO. The van der Waals surface area contributed by atoms with Crippen LogP contribution in [0.2, 0.25) is 0 Å². The first-order valence-electron chi connectivity index (χ1n) is 5.06. The maximum atomic E-state index is 5.74. The van der Waals surface area contributed by atoms with Crippen molar-refractivity contribution in [3.8, 4) is 5.75 Å². The molecule has 0 saturated heterocycles. The van der Waals surface area contributed by atoms with Gasteiger partial charge in [0.2, 0.25) is 0 Å². The Morgan fingerprint density at radius 2 is 1.50 bits per heavy atom. The van der Waals surface area contributed by atoms with Gasteiger partial charge in [-0.3, -0.25) is 0 Å². The zero-order valence-corrected chi connectivity index (χ0v) is 9.49. The minimum absolute atomic E-state index is 0.101.